The molecule has 7 heteroatoms. The van der Waals surface area contributed by atoms with Gasteiger partial charge in [-0.05, 0) is 24.3 Å². The summed E-state index contributed by atoms with van der Waals surface area (Å²) in [6.07, 6.45) is 1.56. The van der Waals surface area contributed by atoms with Crippen LogP contribution in [0.1, 0.15) is 5.69 Å². The van der Waals surface area contributed by atoms with Crippen molar-refractivity contribution < 1.29 is 0 Å². The van der Waals surface area contributed by atoms with Gasteiger partial charge in [0.15, 0.2) is 0 Å². The Morgan fingerprint density at radius 3 is 3.00 bits per heavy atom. The minimum absolute atomic E-state index is 0.338. The van der Waals surface area contributed by atoms with Gasteiger partial charge in [0.25, 0.3) is 0 Å². The van der Waals surface area contributed by atoms with Crippen LogP contribution in [0, 0.1) is 11.3 Å². The van der Waals surface area contributed by atoms with Crippen LogP contribution in [0.5, 0.6) is 0 Å². The van der Waals surface area contributed by atoms with Gasteiger partial charge in [0.1, 0.15) is 22.8 Å². The van der Waals surface area contributed by atoms with Gasteiger partial charge in [-0.2, -0.15) is 14.0 Å². The van der Waals surface area contributed by atoms with E-state index in [1.54, 1.807) is 24.4 Å². The molecule has 92 valence electrons. The van der Waals surface area contributed by atoms with Crippen LogP contribution in [0.4, 0.5) is 11.4 Å². The summed E-state index contributed by atoms with van der Waals surface area (Å²) >= 11 is 7.31. The lowest BCUT2D eigenvalue weighted by Gasteiger charge is -2.08. The first-order chi connectivity index (χ1) is 9.28. The number of hydrogen-bond donors (Lipinski definition) is 1. The summed E-state index contributed by atoms with van der Waals surface area (Å²) in [4.78, 5) is 3.91. The highest BCUT2D eigenvalue weighted by molar-refractivity contribution is 7.00. The molecule has 0 saturated heterocycles. The summed E-state index contributed by atoms with van der Waals surface area (Å²) in [7, 11) is 0. The van der Waals surface area contributed by atoms with E-state index in [1.807, 2.05) is 12.1 Å². The fourth-order valence-corrected chi connectivity index (χ4v) is 2.40. The van der Waals surface area contributed by atoms with E-state index in [1.165, 1.54) is 0 Å². The molecule has 2 heterocycles. The lowest BCUT2D eigenvalue weighted by Crippen LogP contribution is -1.94. The first kappa shape index (κ1) is 11.8. The van der Waals surface area contributed by atoms with Crippen molar-refractivity contribution in [2.45, 2.75) is 0 Å². The molecule has 0 aliphatic carbocycles. The number of hydrogen-bond acceptors (Lipinski definition) is 6. The van der Waals surface area contributed by atoms with Crippen LogP contribution < -0.4 is 5.32 Å². The Morgan fingerprint density at radius 1 is 1.26 bits per heavy atom. The van der Waals surface area contributed by atoms with Crippen molar-refractivity contribution in [1.82, 2.24) is 13.7 Å². The molecule has 0 aliphatic heterocycles. The Kier molecular flexibility index (Phi) is 2.99. The molecule has 0 fully saturated rings. The smallest absolute Gasteiger partial charge is 0.142 e. The number of nitrogens with one attached hydrogen (secondary N) is 1. The average molecular weight is 288 g/mol. The van der Waals surface area contributed by atoms with Crippen LogP contribution in [0.15, 0.2) is 30.5 Å². The molecule has 1 aromatic carbocycles. The number of pyridine rings is 1. The first-order valence-corrected chi connectivity index (χ1v) is 6.43. The molecule has 2 aromatic heterocycles. The molecule has 0 spiro atoms. The van der Waals surface area contributed by atoms with Gasteiger partial charge in [-0.1, -0.05) is 11.6 Å². The van der Waals surface area contributed by atoms with Gasteiger partial charge >= 0.3 is 0 Å². The molecule has 0 radical (unpaired) electrons. The number of rotatable bonds is 2. The minimum atomic E-state index is 0.338. The van der Waals surface area contributed by atoms with Crippen LogP contribution in [0.3, 0.4) is 0 Å². The van der Waals surface area contributed by atoms with Gasteiger partial charge in [0, 0.05) is 11.9 Å². The molecule has 1 N–H and O–H groups in total. The average Bonchev–Trinajstić information content (AvgIpc) is 2.91. The van der Waals surface area contributed by atoms with E-state index in [2.05, 4.69) is 19.0 Å². The zero-order valence-corrected chi connectivity index (χ0v) is 11.0. The van der Waals surface area contributed by atoms with E-state index in [0.717, 1.165) is 22.9 Å². The zero-order chi connectivity index (χ0) is 13.2. The molecule has 19 heavy (non-hydrogen) atoms. The molecule has 0 amide bonds. The highest BCUT2D eigenvalue weighted by atomic mass is 35.5. The van der Waals surface area contributed by atoms with E-state index in [9.17, 15) is 0 Å². The maximum absolute atomic E-state index is 8.83. The van der Waals surface area contributed by atoms with Crippen LogP contribution >= 0.6 is 23.3 Å². The van der Waals surface area contributed by atoms with E-state index < -0.39 is 0 Å². The molecule has 3 aromatic rings. The molecule has 0 unspecified atom stereocenters. The number of nitriles is 1. The van der Waals surface area contributed by atoms with Crippen molar-refractivity contribution >= 4 is 45.7 Å². The summed E-state index contributed by atoms with van der Waals surface area (Å²) in [5, 5.41) is 12.5. The molecule has 3 rings (SSSR count). The van der Waals surface area contributed by atoms with Crippen molar-refractivity contribution in [3.8, 4) is 6.07 Å². The predicted octanol–water partition coefficient (Wildman–Crippen LogP) is 3.35. The lowest BCUT2D eigenvalue weighted by atomic mass is 10.2. The van der Waals surface area contributed by atoms with Crippen LogP contribution in [0.25, 0.3) is 11.0 Å². The zero-order valence-electron chi connectivity index (χ0n) is 9.46. The largest absolute Gasteiger partial charge is 0.352 e. The molecular formula is C12H6ClN5S. The summed E-state index contributed by atoms with van der Waals surface area (Å²) in [6.45, 7) is 0. The third kappa shape index (κ3) is 2.21. The third-order valence-corrected chi connectivity index (χ3v) is 3.38. The normalized spacial score (nSPS) is 10.3. The summed E-state index contributed by atoms with van der Waals surface area (Å²) in [5.41, 5.74) is 3.25. The molecule has 0 aliphatic rings. The maximum atomic E-state index is 8.83. The Bertz CT molecular complexity index is 792. The minimum Gasteiger partial charge on any atom is -0.352 e. The Balaban J connectivity index is 2.07. The van der Waals surface area contributed by atoms with E-state index in [-0.39, 0.29) is 0 Å². The highest BCUT2D eigenvalue weighted by Gasteiger charge is 2.10. The number of halogens is 1. The number of aromatic nitrogens is 3. The second-order valence-corrected chi connectivity index (χ2v) is 4.66. The summed E-state index contributed by atoms with van der Waals surface area (Å²) in [6, 6.07) is 8.98. The number of anilines is 2. The van der Waals surface area contributed by atoms with E-state index in [4.69, 9.17) is 16.9 Å². The van der Waals surface area contributed by atoms with Crippen LogP contribution in [0.2, 0.25) is 5.02 Å². The maximum Gasteiger partial charge on any atom is 0.142 e. The van der Waals surface area contributed by atoms with Crippen molar-refractivity contribution in [2.75, 3.05) is 5.32 Å². The summed E-state index contributed by atoms with van der Waals surface area (Å²) < 4.78 is 8.38. The second-order valence-electron chi connectivity index (χ2n) is 3.72. The Morgan fingerprint density at radius 2 is 2.16 bits per heavy atom. The Hall–Kier alpha value is -2.23. The predicted molar refractivity (Wildman–Crippen MR) is 74.7 cm³/mol. The molecule has 0 atom stereocenters. The number of fused-ring (bicyclic) bond motifs is 1. The molecule has 0 saturated carbocycles. The van der Waals surface area contributed by atoms with Gasteiger partial charge in [-0.25, -0.2) is 4.98 Å². The SMILES string of the molecule is N#Cc1cc(Nc2c(Cl)ccc3nsnc23)ccn1. The number of nitrogens with zero attached hydrogens (tertiary/aromatic N) is 4. The first-order valence-electron chi connectivity index (χ1n) is 5.32. The third-order valence-electron chi connectivity index (χ3n) is 2.52. The van der Waals surface area contributed by atoms with Crippen molar-refractivity contribution in [3.05, 3.63) is 41.2 Å². The topological polar surface area (TPSA) is 74.5 Å². The quantitative estimate of drug-likeness (QED) is 0.782. The van der Waals surface area contributed by atoms with Crippen molar-refractivity contribution in [3.63, 3.8) is 0 Å². The fraction of sp³-hybridized carbons (Fsp3) is 0. The van der Waals surface area contributed by atoms with Crippen LogP contribution in [-0.2, 0) is 0 Å². The van der Waals surface area contributed by atoms with Gasteiger partial charge in [-0.15, -0.1) is 0 Å². The van der Waals surface area contributed by atoms with Crippen molar-refractivity contribution in [1.29, 1.82) is 5.26 Å². The van der Waals surface area contributed by atoms with E-state index in [0.29, 0.717) is 21.9 Å². The molecule has 5 nitrogen and oxygen atoms in total. The van der Waals surface area contributed by atoms with Crippen molar-refractivity contribution in [2.24, 2.45) is 0 Å². The number of benzene rings is 1. The fourth-order valence-electron chi connectivity index (χ4n) is 1.66. The molecular weight excluding hydrogens is 282 g/mol. The van der Waals surface area contributed by atoms with Crippen LogP contribution in [-0.4, -0.2) is 13.7 Å². The van der Waals surface area contributed by atoms with E-state index >= 15 is 0 Å². The molecule has 0 bridgehead atoms. The summed E-state index contributed by atoms with van der Waals surface area (Å²) in [5.74, 6) is 0. The monoisotopic (exact) mass is 287 g/mol. The van der Waals surface area contributed by atoms with Gasteiger partial charge in [0.05, 0.1) is 22.4 Å². The lowest BCUT2D eigenvalue weighted by molar-refractivity contribution is 1.26. The Labute approximate surface area is 117 Å². The highest BCUT2D eigenvalue weighted by Crippen LogP contribution is 2.32. The van der Waals surface area contributed by atoms with Gasteiger partial charge in [-0.3, -0.25) is 0 Å². The second kappa shape index (κ2) is 4.80. The van der Waals surface area contributed by atoms with Gasteiger partial charge < -0.3 is 5.32 Å². The van der Waals surface area contributed by atoms with Gasteiger partial charge in [0.2, 0.25) is 0 Å². The standard InChI is InChI=1S/C12H6ClN5S/c13-9-1-2-10-12(18-19-17-10)11(9)16-7-3-4-15-8(5-7)6-14/h1-5H,(H,15,16).